The summed E-state index contributed by atoms with van der Waals surface area (Å²) in [6.45, 7) is 11.3. The number of hydrogen-bond acceptors (Lipinski definition) is 2. The first kappa shape index (κ1) is 14.5. The van der Waals surface area contributed by atoms with Gasteiger partial charge in [0.05, 0.1) is 0 Å². The molecule has 106 valence electrons. The first-order valence-electron chi connectivity index (χ1n) is 7.67. The predicted molar refractivity (Wildman–Crippen MR) is 82.1 cm³/mol. The maximum absolute atomic E-state index is 3.49. The van der Waals surface area contributed by atoms with Crippen molar-refractivity contribution in [1.82, 2.24) is 10.2 Å². The molecule has 1 unspecified atom stereocenters. The average molecular weight is 260 g/mol. The number of nitrogens with one attached hydrogen (secondary N) is 1. The molecule has 1 aromatic carbocycles. The molecule has 2 nitrogen and oxygen atoms in total. The van der Waals surface area contributed by atoms with Crippen LogP contribution < -0.4 is 5.32 Å². The Morgan fingerprint density at radius 3 is 2.47 bits per heavy atom. The van der Waals surface area contributed by atoms with Crippen molar-refractivity contribution in [3.8, 4) is 0 Å². The molecule has 1 atom stereocenters. The summed E-state index contributed by atoms with van der Waals surface area (Å²) >= 11 is 0. The third-order valence-corrected chi connectivity index (χ3v) is 3.98. The molecule has 0 saturated carbocycles. The lowest BCUT2D eigenvalue weighted by molar-refractivity contribution is 0.260. The highest BCUT2D eigenvalue weighted by Gasteiger charge is 2.19. The summed E-state index contributed by atoms with van der Waals surface area (Å²) in [5, 5.41) is 3.49. The van der Waals surface area contributed by atoms with Crippen LogP contribution in [-0.4, -0.2) is 24.0 Å². The third kappa shape index (κ3) is 4.63. The predicted octanol–water partition coefficient (Wildman–Crippen LogP) is 3.42. The van der Waals surface area contributed by atoms with Crippen molar-refractivity contribution in [1.29, 1.82) is 0 Å². The number of nitrogens with zero attached hydrogens (tertiary/aromatic N) is 1. The lowest BCUT2D eigenvalue weighted by Gasteiger charge is -2.21. The van der Waals surface area contributed by atoms with Gasteiger partial charge in [-0.1, -0.05) is 38.1 Å². The van der Waals surface area contributed by atoms with Crippen molar-refractivity contribution in [3.05, 3.63) is 35.4 Å². The van der Waals surface area contributed by atoms with Gasteiger partial charge in [0, 0.05) is 19.1 Å². The number of likely N-dealkylation sites (tertiary alicyclic amines) is 1. The zero-order valence-corrected chi connectivity index (χ0v) is 12.7. The Labute approximate surface area is 118 Å². The molecule has 1 fully saturated rings. The van der Waals surface area contributed by atoms with E-state index in [1.54, 1.807) is 0 Å². The maximum atomic E-state index is 3.49. The van der Waals surface area contributed by atoms with Crippen LogP contribution in [0, 0.1) is 5.92 Å². The molecule has 2 rings (SSSR count). The quantitative estimate of drug-likeness (QED) is 0.843. The Morgan fingerprint density at radius 1 is 1.21 bits per heavy atom. The van der Waals surface area contributed by atoms with Gasteiger partial charge in [-0.2, -0.15) is 0 Å². The van der Waals surface area contributed by atoms with Crippen LogP contribution in [-0.2, 0) is 13.1 Å². The average Bonchev–Trinajstić information content (AvgIpc) is 2.77. The summed E-state index contributed by atoms with van der Waals surface area (Å²) in [5.41, 5.74) is 2.83. The summed E-state index contributed by atoms with van der Waals surface area (Å²) in [6.07, 6.45) is 2.72. The van der Waals surface area contributed by atoms with E-state index in [4.69, 9.17) is 0 Å². The van der Waals surface area contributed by atoms with Gasteiger partial charge in [0.1, 0.15) is 0 Å². The van der Waals surface area contributed by atoms with Gasteiger partial charge in [0.15, 0.2) is 0 Å². The van der Waals surface area contributed by atoms with Crippen molar-refractivity contribution in [2.75, 3.05) is 13.1 Å². The van der Waals surface area contributed by atoms with Gasteiger partial charge < -0.3 is 5.32 Å². The van der Waals surface area contributed by atoms with Gasteiger partial charge in [-0.25, -0.2) is 0 Å². The monoisotopic (exact) mass is 260 g/mol. The number of benzene rings is 1. The van der Waals surface area contributed by atoms with Crippen LogP contribution in [0.2, 0.25) is 0 Å². The summed E-state index contributed by atoms with van der Waals surface area (Å²) < 4.78 is 0. The molecule has 1 aromatic rings. The van der Waals surface area contributed by atoms with Crippen LogP contribution in [0.15, 0.2) is 24.3 Å². The zero-order valence-electron chi connectivity index (χ0n) is 12.7. The summed E-state index contributed by atoms with van der Waals surface area (Å²) in [7, 11) is 0. The second-order valence-electron chi connectivity index (χ2n) is 6.30. The van der Waals surface area contributed by atoms with Crippen LogP contribution in [0.5, 0.6) is 0 Å². The fraction of sp³-hybridized carbons (Fsp3) is 0.647. The molecule has 0 aromatic heterocycles. The smallest absolute Gasteiger partial charge is 0.0236 e. The topological polar surface area (TPSA) is 15.3 Å². The Morgan fingerprint density at radius 2 is 1.89 bits per heavy atom. The Hall–Kier alpha value is -0.860. The van der Waals surface area contributed by atoms with Crippen LogP contribution in [0.3, 0.4) is 0 Å². The highest BCUT2D eigenvalue weighted by molar-refractivity contribution is 5.22. The molecule has 0 bridgehead atoms. The molecular weight excluding hydrogens is 232 g/mol. The number of rotatable bonds is 6. The first-order chi connectivity index (χ1) is 9.15. The highest BCUT2D eigenvalue weighted by Crippen LogP contribution is 2.19. The largest absolute Gasteiger partial charge is 0.312 e. The molecular formula is C17H28N2. The Kier molecular flexibility index (Phi) is 5.41. The third-order valence-electron chi connectivity index (χ3n) is 3.98. The van der Waals surface area contributed by atoms with Crippen LogP contribution in [0.25, 0.3) is 0 Å². The van der Waals surface area contributed by atoms with E-state index in [2.05, 4.69) is 55.3 Å². The molecule has 1 heterocycles. The Balaban J connectivity index is 1.81. The van der Waals surface area contributed by atoms with Gasteiger partial charge in [-0.15, -0.1) is 0 Å². The Bertz CT molecular complexity index is 369. The summed E-state index contributed by atoms with van der Waals surface area (Å²) in [5.74, 6) is 0.718. The van der Waals surface area contributed by atoms with Crippen molar-refractivity contribution in [2.24, 2.45) is 5.92 Å². The normalized spacial score (nSPS) is 20.3. The minimum atomic E-state index is 0.718. The minimum absolute atomic E-state index is 0.718. The lowest BCUT2D eigenvalue weighted by atomic mass is 10.1. The van der Waals surface area contributed by atoms with Crippen molar-refractivity contribution in [3.63, 3.8) is 0 Å². The van der Waals surface area contributed by atoms with E-state index in [1.807, 2.05) is 0 Å². The first-order valence-corrected chi connectivity index (χ1v) is 7.67. The molecule has 0 radical (unpaired) electrons. The molecule has 1 N–H and O–H groups in total. The molecule has 0 aliphatic carbocycles. The van der Waals surface area contributed by atoms with Gasteiger partial charge in [0.25, 0.3) is 0 Å². The molecule has 1 aliphatic heterocycles. The summed E-state index contributed by atoms with van der Waals surface area (Å²) in [6, 6.07) is 9.87. The molecule has 1 aliphatic rings. The van der Waals surface area contributed by atoms with Gasteiger partial charge in [0.2, 0.25) is 0 Å². The maximum Gasteiger partial charge on any atom is 0.0236 e. The van der Waals surface area contributed by atoms with E-state index in [0.29, 0.717) is 0 Å². The fourth-order valence-electron chi connectivity index (χ4n) is 2.73. The highest BCUT2D eigenvalue weighted by atomic mass is 15.2. The van der Waals surface area contributed by atoms with E-state index in [-0.39, 0.29) is 0 Å². The second-order valence-corrected chi connectivity index (χ2v) is 6.30. The SMILES string of the molecule is CC(C)CNCc1ccc(CN2CCCC2C)cc1. The fourth-order valence-corrected chi connectivity index (χ4v) is 2.73. The van der Waals surface area contributed by atoms with E-state index < -0.39 is 0 Å². The minimum Gasteiger partial charge on any atom is -0.312 e. The molecule has 0 spiro atoms. The van der Waals surface area contributed by atoms with Crippen molar-refractivity contribution >= 4 is 0 Å². The van der Waals surface area contributed by atoms with Gasteiger partial charge in [-0.3, -0.25) is 4.90 Å². The van der Waals surface area contributed by atoms with E-state index in [9.17, 15) is 0 Å². The van der Waals surface area contributed by atoms with E-state index in [0.717, 1.165) is 31.6 Å². The molecule has 19 heavy (non-hydrogen) atoms. The molecule has 1 saturated heterocycles. The second kappa shape index (κ2) is 7.06. The van der Waals surface area contributed by atoms with Gasteiger partial charge >= 0.3 is 0 Å². The van der Waals surface area contributed by atoms with E-state index >= 15 is 0 Å². The van der Waals surface area contributed by atoms with Crippen LogP contribution >= 0.6 is 0 Å². The van der Waals surface area contributed by atoms with Crippen molar-refractivity contribution in [2.45, 2.75) is 52.7 Å². The van der Waals surface area contributed by atoms with Gasteiger partial charge in [-0.05, 0) is 49.9 Å². The molecule has 0 amide bonds. The lowest BCUT2D eigenvalue weighted by Crippen LogP contribution is -2.26. The van der Waals surface area contributed by atoms with Crippen molar-refractivity contribution < 1.29 is 0 Å². The zero-order chi connectivity index (χ0) is 13.7. The standard InChI is InChI=1S/C17H28N2/c1-14(2)11-18-12-16-6-8-17(9-7-16)13-19-10-4-5-15(19)3/h6-9,14-15,18H,4-5,10-13H2,1-3H3. The van der Waals surface area contributed by atoms with E-state index in [1.165, 1.54) is 30.5 Å². The number of hydrogen-bond donors (Lipinski definition) is 1. The van der Waals surface area contributed by atoms with Crippen LogP contribution in [0.1, 0.15) is 44.7 Å². The summed E-state index contributed by atoms with van der Waals surface area (Å²) in [4.78, 5) is 2.59. The molecule has 2 heteroatoms. The van der Waals surface area contributed by atoms with Crippen LogP contribution in [0.4, 0.5) is 0 Å².